The number of aliphatic hydroxyl groups is 1. The van der Waals surface area contributed by atoms with Gasteiger partial charge in [-0.2, -0.15) is 13.2 Å². The molecule has 0 aliphatic carbocycles. The molecule has 0 radical (unpaired) electrons. The van der Waals surface area contributed by atoms with E-state index in [0.29, 0.717) is 6.42 Å². The Morgan fingerprint density at radius 3 is 2.57 bits per heavy atom. The molecule has 1 amide bonds. The van der Waals surface area contributed by atoms with E-state index in [-0.39, 0.29) is 23.1 Å². The summed E-state index contributed by atoms with van der Waals surface area (Å²) in [4.78, 5) is 13.4. The molecule has 3 nitrogen and oxygen atoms in total. The molecule has 1 fully saturated rings. The first kappa shape index (κ1) is 16.3. The summed E-state index contributed by atoms with van der Waals surface area (Å²) < 4.78 is 39.3. The molecule has 21 heavy (non-hydrogen) atoms. The Hall–Kier alpha value is -1.08. The first-order valence-corrected chi connectivity index (χ1v) is 7.34. The molecule has 1 aromatic carbocycles. The number of benzene rings is 1. The minimum Gasteiger partial charge on any atom is -0.386 e. The fraction of sp³-hybridized carbons (Fsp3) is 0.500. The van der Waals surface area contributed by atoms with Crippen molar-refractivity contribution in [2.24, 2.45) is 0 Å². The lowest BCUT2D eigenvalue weighted by atomic mass is 9.88. The molecule has 1 aliphatic rings. The van der Waals surface area contributed by atoms with Crippen molar-refractivity contribution in [3.8, 4) is 0 Å². The molecule has 116 valence electrons. The predicted molar refractivity (Wildman–Crippen MR) is 74.9 cm³/mol. The Morgan fingerprint density at radius 2 is 2.05 bits per heavy atom. The van der Waals surface area contributed by atoms with Gasteiger partial charge in [0.05, 0.1) is 29.8 Å². The van der Waals surface area contributed by atoms with Crippen molar-refractivity contribution in [1.29, 1.82) is 0 Å². The molecular formula is C14H15BrF3NO2. The highest BCUT2D eigenvalue weighted by atomic mass is 79.9. The molecule has 0 bridgehead atoms. The summed E-state index contributed by atoms with van der Waals surface area (Å²) >= 11 is 2.98. The van der Waals surface area contributed by atoms with Crippen LogP contribution in [0.4, 0.5) is 13.2 Å². The van der Waals surface area contributed by atoms with Gasteiger partial charge in [0.25, 0.3) is 5.91 Å². The number of carbonyl (C=O) groups is 1. The van der Waals surface area contributed by atoms with Crippen LogP contribution < -0.4 is 0 Å². The van der Waals surface area contributed by atoms with Gasteiger partial charge in [-0.1, -0.05) is 29.3 Å². The van der Waals surface area contributed by atoms with Crippen LogP contribution in [0.3, 0.4) is 0 Å². The van der Waals surface area contributed by atoms with Gasteiger partial charge in [0.1, 0.15) is 0 Å². The second kappa shape index (κ2) is 5.61. The number of hydrogen-bond acceptors (Lipinski definition) is 2. The molecule has 0 unspecified atom stereocenters. The molecule has 1 N–H and O–H groups in total. The Labute approximate surface area is 128 Å². The number of amides is 1. The summed E-state index contributed by atoms with van der Waals surface area (Å²) in [6.45, 7) is 2.05. The molecule has 1 saturated heterocycles. The zero-order chi connectivity index (χ0) is 15.8. The summed E-state index contributed by atoms with van der Waals surface area (Å²) in [6, 6.07) is 3.46. The fourth-order valence-corrected chi connectivity index (χ4v) is 2.90. The average molecular weight is 366 g/mol. The van der Waals surface area contributed by atoms with E-state index < -0.39 is 23.2 Å². The van der Waals surface area contributed by atoms with Crippen molar-refractivity contribution >= 4 is 21.8 Å². The van der Waals surface area contributed by atoms with Crippen molar-refractivity contribution in [1.82, 2.24) is 4.90 Å². The van der Waals surface area contributed by atoms with Crippen LogP contribution in [0.2, 0.25) is 0 Å². The Bertz CT molecular complexity index is 554. The quantitative estimate of drug-likeness (QED) is 0.890. The van der Waals surface area contributed by atoms with Gasteiger partial charge in [-0.05, 0) is 24.6 Å². The number of β-amino-alcohol motifs (C(OH)–C–C–N with tert-alkyl or cyclic N) is 1. The lowest BCUT2D eigenvalue weighted by molar-refractivity contribution is -0.138. The number of likely N-dealkylation sites (tertiary alicyclic amines) is 1. The second-order valence-corrected chi connectivity index (χ2v) is 6.24. The van der Waals surface area contributed by atoms with Gasteiger partial charge in [-0.25, -0.2) is 0 Å². The van der Waals surface area contributed by atoms with Crippen molar-refractivity contribution in [3.05, 3.63) is 33.8 Å². The highest BCUT2D eigenvalue weighted by molar-refractivity contribution is 9.10. The van der Waals surface area contributed by atoms with E-state index in [4.69, 9.17) is 0 Å². The van der Waals surface area contributed by atoms with Crippen molar-refractivity contribution in [2.45, 2.75) is 31.5 Å². The maximum atomic E-state index is 13.0. The minimum atomic E-state index is -4.60. The summed E-state index contributed by atoms with van der Waals surface area (Å²) in [5.74, 6) is -0.699. The standard InChI is InChI=1S/C14H15BrF3NO2/c1-2-5-13(21)7-19(8-13)12(20)10-4-3-9(15)6-11(10)14(16,17)18/h3-4,6,21H,2,5,7-8H2,1H3. The van der Waals surface area contributed by atoms with Gasteiger partial charge in [0.2, 0.25) is 0 Å². The number of nitrogens with zero attached hydrogens (tertiary/aromatic N) is 1. The monoisotopic (exact) mass is 365 g/mol. The molecular weight excluding hydrogens is 351 g/mol. The predicted octanol–water partition coefficient (Wildman–Crippen LogP) is 3.45. The van der Waals surface area contributed by atoms with Crippen molar-refractivity contribution < 1.29 is 23.1 Å². The number of carbonyl (C=O) groups excluding carboxylic acids is 1. The number of alkyl halides is 3. The van der Waals surface area contributed by atoms with Crippen LogP contribution in [0.5, 0.6) is 0 Å². The van der Waals surface area contributed by atoms with Crippen LogP contribution in [0.25, 0.3) is 0 Å². The van der Waals surface area contributed by atoms with Gasteiger partial charge >= 0.3 is 6.18 Å². The van der Waals surface area contributed by atoms with E-state index in [0.717, 1.165) is 18.6 Å². The van der Waals surface area contributed by atoms with Crippen LogP contribution in [-0.2, 0) is 6.18 Å². The highest BCUT2D eigenvalue weighted by Gasteiger charge is 2.45. The van der Waals surface area contributed by atoms with Crippen molar-refractivity contribution in [3.63, 3.8) is 0 Å². The molecule has 0 spiro atoms. The van der Waals surface area contributed by atoms with E-state index in [2.05, 4.69) is 15.9 Å². The van der Waals surface area contributed by atoms with Gasteiger partial charge < -0.3 is 10.0 Å². The van der Waals surface area contributed by atoms with Gasteiger partial charge in [-0.3, -0.25) is 4.79 Å². The first-order valence-electron chi connectivity index (χ1n) is 6.55. The fourth-order valence-electron chi connectivity index (χ4n) is 2.54. The molecule has 0 atom stereocenters. The topological polar surface area (TPSA) is 40.5 Å². The van der Waals surface area contributed by atoms with E-state index in [1.165, 1.54) is 11.0 Å². The molecule has 1 aliphatic heterocycles. The largest absolute Gasteiger partial charge is 0.417 e. The molecule has 2 rings (SSSR count). The van der Waals surface area contributed by atoms with Crippen LogP contribution in [0.15, 0.2) is 22.7 Å². The zero-order valence-electron chi connectivity index (χ0n) is 11.4. The van der Waals surface area contributed by atoms with Crippen LogP contribution in [-0.4, -0.2) is 34.6 Å². The normalized spacial score (nSPS) is 17.5. The lowest BCUT2D eigenvalue weighted by Crippen LogP contribution is -2.63. The first-order chi connectivity index (χ1) is 9.66. The minimum absolute atomic E-state index is 0.0764. The lowest BCUT2D eigenvalue weighted by Gasteiger charge is -2.46. The van der Waals surface area contributed by atoms with E-state index in [9.17, 15) is 23.1 Å². The van der Waals surface area contributed by atoms with Gasteiger partial charge in [0.15, 0.2) is 0 Å². The van der Waals surface area contributed by atoms with Crippen LogP contribution in [0, 0.1) is 0 Å². The molecule has 1 aromatic rings. The van der Waals surface area contributed by atoms with Crippen molar-refractivity contribution in [2.75, 3.05) is 13.1 Å². The Morgan fingerprint density at radius 1 is 1.43 bits per heavy atom. The van der Waals surface area contributed by atoms with E-state index in [1.807, 2.05) is 6.92 Å². The molecule has 0 saturated carbocycles. The molecule has 0 aromatic heterocycles. The smallest absolute Gasteiger partial charge is 0.386 e. The Balaban J connectivity index is 2.22. The third kappa shape index (κ3) is 3.40. The van der Waals surface area contributed by atoms with Gasteiger partial charge in [0, 0.05) is 4.47 Å². The van der Waals surface area contributed by atoms with Crippen LogP contribution in [0.1, 0.15) is 35.7 Å². The number of halogens is 4. The third-order valence-corrected chi connectivity index (χ3v) is 3.98. The summed E-state index contributed by atoms with van der Waals surface area (Å²) in [6.07, 6.45) is -3.31. The molecule has 1 heterocycles. The number of rotatable bonds is 3. The summed E-state index contributed by atoms with van der Waals surface area (Å²) in [5.41, 5.74) is -2.31. The SMILES string of the molecule is CCCC1(O)CN(C(=O)c2ccc(Br)cc2C(F)(F)F)C1. The average Bonchev–Trinajstić information content (AvgIpc) is 2.34. The van der Waals surface area contributed by atoms with Crippen LogP contribution >= 0.6 is 15.9 Å². The van der Waals surface area contributed by atoms with Gasteiger partial charge in [-0.15, -0.1) is 0 Å². The maximum Gasteiger partial charge on any atom is 0.417 e. The number of hydrogen-bond donors (Lipinski definition) is 1. The zero-order valence-corrected chi connectivity index (χ0v) is 13.0. The van der Waals surface area contributed by atoms with E-state index >= 15 is 0 Å². The van der Waals surface area contributed by atoms with E-state index in [1.54, 1.807) is 0 Å². The molecule has 7 heteroatoms. The second-order valence-electron chi connectivity index (χ2n) is 5.32. The highest BCUT2D eigenvalue weighted by Crippen LogP contribution is 2.36. The summed E-state index contributed by atoms with van der Waals surface area (Å²) in [7, 11) is 0. The third-order valence-electron chi connectivity index (χ3n) is 3.49. The maximum absolute atomic E-state index is 13.0. The summed E-state index contributed by atoms with van der Waals surface area (Å²) in [5, 5.41) is 10.0. The Kier molecular flexibility index (Phi) is 4.35.